The fraction of sp³-hybridized carbons (Fsp3) is 1.00. The van der Waals surface area contributed by atoms with E-state index in [4.69, 9.17) is 0 Å². The van der Waals surface area contributed by atoms with Crippen molar-refractivity contribution in [3.05, 3.63) is 0 Å². The second-order valence-electron chi connectivity index (χ2n) is 3.78. The maximum atomic E-state index is 9.37. The lowest BCUT2D eigenvalue weighted by Gasteiger charge is -2.13. The minimum Gasteiger partial charge on any atom is -0.392 e. The number of aliphatic hydroxyl groups excluding tert-OH is 3. The molecule has 3 heteroatoms. The van der Waals surface area contributed by atoms with Crippen molar-refractivity contribution in [1.29, 1.82) is 0 Å². The fourth-order valence-electron chi connectivity index (χ4n) is 3.13. The van der Waals surface area contributed by atoms with Gasteiger partial charge < -0.3 is 15.3 Å². The molecule has 0 spiro atoms. The topological polar surface area (TPSA) is 60.7 Å². The molecule has 56 valence electrons. The lowest BCUT2D eigenvalue weighted by atomic mass is 10.1. The van der Waals surface area contributed by atoms with Crippen molar-refractivity contribution >= 4 is 0 Å². The molecule has 4 aliphatic carbocycles. The summed E-state index contributed by atoms with van der Waals surface area (Å²) in [7, 11) is 0. The number of rotatable bonds is 0. The number of aliphatic hydroxyl groups is 3. The molecule has 5 atom stereocenters. The van der Waals surface area contributed by atoms with E-state index in [-0.39, 0.29) is 23.7 Å². The second-order valence-corrected chi connectivity index (χ2v) is 3.78. The van der Waals surface area contributed by atoms with Crippen molar-refractivity contribution in [2.45, 2.75) is 18.3 Å². The zero-order valence-corrected chi connectivity index (χ0v) is 5.38. The van der Waals surface area contributed by atoms with Crippen molar-refractivity contribution in [3.8, 4) is 0 Å². The molecule has 4 bridgehead atoms. The Labute approximate surface area is 58.3 Å². The van der Waals surface area contributed by atoms with Crippen LogP contribution < -0.4 is 0 Å². The van der Waals surface area contributed by atoms with Gasteiger partial charge in [-0.15, -0.1) is 0 Å². The zero-order chi connectivity index (χ0) is 7.04. The van der Waals surface area contributed by atoms with Crippen LogP contribution in [0.2, 0.25) is 0 Å². The van der Waals surface area contributed by atoms with Crippen molar-refractivity contribution in [1.82, 2.24) is 0 Å². The summed E-state index contributed by atoms with van der Waals surface area (Å²) in [6.07, 6.45) is -1.25. The Kier molecular flexibility index (Phi) is 0.698. The predicted molar refractivity (Wildman–Crippen MR) is 32.0 cm³/mol. The third-order valence-electron chi connectivity index (χ3n) is 3.56. The van der Waals surface area contributed by atoms with Crippen LogP contribution in [0.1, 0.15) is 0 Å². The van der Waals surface area contributed by atoms with E-state index in [0.29, 0.717) is 0 Å². The number of hydrogen-bond donors (Lipinski definition) is 3. The zero-order valence-electron chi connectivity index (χ0n) is 5.38. The van der Waals surface area contributed by atoms with Gasteiger partial charge in [0.05, 0.1) is 18.3 Å². The summed E-state index contributed by atoms with van der Waals surface area (Å²) in [4.78, 5) is 0. The van der Waals surface area contributed by atoms with Crippen molar-refractivity contribution in [3.63, 3.8) is 0 Å². The molecule has 10 heavy (non-hydrogen) atoms. The van der Waals surface area contributed by atoms with Crippen molar-refractivity contribution < 1.29 is 15.3 Å². The van der Waals surface area contributed by atoms with Crippen LogP contribution in [0.25, 0.3) is 0 Å². The predicted octanol–water partition coefficient (Wildman–Crippen LogP) is -1.43. The first-order chi connectivity index (χ1) is 4.73. The minimum atomic E-state index is -0.417. The first kappa shape index (κ1) is 5.52. The number of hydrogen-bond acceptors (Lipinski definition) is 3. The molecule has 0 aromatic carbocycles. The minimum absolute atomic E-state index is 0.222. The lowest BCUT2D eigenvalue weighted by molar-refractivity contribution is 0.0205. The van der Waals surface area contributed by atoms with Gasteiger partial charge in [0.25, 0.3) is 0 Å². The van der Waals surface area contributed by atoms with E-state index in [9.17, 15) is 15.3 Å². The van der Waals surface area contributed by atoms with Gasteiger partial charge in [0, 0.05) is 5.92 Å². The molecule has 0 amide bonds. The van der Waals surface area contributed by atoms with Gasteiger partial charge in [0.1, 0.15) is 0 Å². The van der Waals surface area contributed by atoms with Crippen LogP contribution >= 0.6 is 0 Å². The van der Waals surface area contributed by atoms with E-state index in [2.05, 4.69) is 0 Å². The molecule has 0 aromatic heterocycles. The highest BCUT2D eigenvalue weighted by Gasteiger charge is 2.78. The SMILES string of the molecule is O[C@@H]1C2C3C2[C@H](O)C1[C@H]3O. The third kappa shape index (κ3) is 0.325. The van der Waals surface area contributed by atoms with Crippen LogP contribution in [0, 0.1) is 23.7 Å². The third-order valence-corrected chi connectivity index (χ3v) is 3.56. The molecule has 4 fully saturated rings. The van der Waals surface area contributed by atoms with E-state index in [0.717, 1.165) is 0 Å². The van der Waals surface area contributed by atoms with Crippen LogP contribution in [0.3, 0.4) is 0 Å². The lowest BCUT2D eigenvalue weighted by Crippen LogP contribution is -2.27. The smallest absolute Gasteiger partial charge is 0.0653 e. The molecule has 3 nitrogen and oxygen atoms in total. The molecular weight excluding hydrogens is 132 g/mol. The summed E-state index contributed by atoms with van der Waals surface area (Å²) in [6.45, 7) is 0. The second kappa shape index (κ2) is 1.26. The molecule has 0 aliphatic heterocycles. The van der Waals surface area contributed by atoms with Crippen LogP contribution in [0.4, 0.5) is 0 Å². The summed E-state index contributed by atoms with van der Waals surface area (Å²) >= 11 is 0. The van der Waals surface area contributed by atoms with Crippen molar-refractivity contribution in [2.24, 2.45) is 23.7 Å². The van der Waals surface area contributed by atoms with Gasteiger partial charge in [-0.1, -0.05) is 0 Å². The highest BCUT2D eigenvalue weighted by Crippen LogP contribution is 2.70. The summed E-state index contributed by atoms with van der Waals surface area (Å²) in [5, 5.41) is 28.1. The van der Waals surface area contributed by atoms with E-state index in [1.54, 1.807) is 0 Å². The molecule has 4 aliphatic rings. The average Bonchev–Trinajstić information content (AvgIpc) is 2.39. The maximum absolute atomic E-state index is 9.37. The van der Waals surface area contributed by atoms with E-state index < -0.39 is 18.3 Å². The quantitative estimate of drug-likeness (QED) is 0.389. The molecule has 4 rings (SSSR count). The Morgan fingerprint density at radius 2 is 0.800 bits per heavy atom. The summed E-state index contributed by atoms with van der Waals surface area (Å²) < 4.78 is 0. The molecule has 0 radical (unpaired) electrons. The first-order valence-corrected chi connectivity index (χ1v) is 3.77. The molecule has 2 unspecified atom stereocenters. The molecular formula is C7H10O3. The van der Waals surface area contributed by atoms with Gasteiger partial charge in [-0.05, 0) is 17.8 Å². The molecule has 4 saturated carbocycles. The Morgan fingerprint density at radius 3 is 0.900 bits per heavy atom. The van der Waals surface area contributed by atoms with Crippen LogP contribution in [-0.2, 0) is 0 Å². The Morgan fingerprint density at radius 1 is 0.500 bits per heavy atom. The highest BCUT2D eigenvalue weighted by molar-refractivity contribution is 5.25. The Balaban J connectivity index is 2.06. The van der Waals surface area contributed by atoms with E-state index in [1.807, 2.05) is 0 Å². The average molecular weight is 142 g/mol. The van der Waals surface area contributed by atoms with Crippen LogP contribution in [-0.4, -0.2) is 33.6 Å². The fourth-order valence-corrected chi connectivity index (χ4v) is 3.13. The van der Waals surface area contributed by atoms with E-state index >= 15 is 0 Å². The molecule has 3 N–H and O–H groups in total. The Bertz CT molecular complexity index is 146. The van der Waals surface area contributed by atoms with Gasteiger partial charge >= 0.3 is 0 Å². The standard InChI is InChI=1S/C7H10O3/c8-5-1-2-3(1)7(10)4(5)6(2)9/h1-10H/t1?,2?,3?,4?,5-,6-,7+/m0/s1. The van der Waals surface area contributed by atoms with Gasteiger partial charge in [0.2, 0.25) is 0 Å². The van der Waals surface area contributed by atoms with E-state index in [1.165, 1.54) is 0 Å². The largest absolute Gasteiger partial charge is 0.392 e. The van der Waals surface area contributed by atoms with Crippen molar-refractivity contribution in [2.75, 3.05) is 0 Å². The Hall–Kier alpha value is -0.120. The van der Waals surface area contributed by atoms with Gasteiger partial charge in [0.15, 0.2) is 0 Å². The molecule has 0 aromatic rings. The normalized spacial score (nSPS) is 76.5. The van der Waals surface area contributed by atoms with Crippen LogP contribution in [0.5, 0.6) is 0 Å². The van der Waals surface area contributed by atoms with Gasteiger partial charge in [-0.25, -0.2) is 0 Å². The molecule has 0 heterocycles. The highest BCUT2D eigenvalue weighted by atomic mass is 16.3. The monoisotopic (exact) mass is 142 g/mol. The van der Waals surface area contributed by atoms with Crippen LogP contribution in [0.15, 0.2) is 0 Å². The summed E-state index contributed by atoms with van der Waals surface area (Å²) in [6, 6.07) is 0. The summed E-state index contributed by atoms with van der Waals surface area (Å²) in [5.74, 6) is 0.472. The molecule has 0 saturated heterocycles. The van der Waals surface area contributed by atoms with Gasteiger partial charge in [-0.3, -0.25) is 0 Å². The first-order valence-electron chi connectivity index (χ1n) is 3.77. The maximum Gasteiger partial charge on any atom is 0.0653 e. The van der Waals surface area contributed by atoms with Gasteiger partial charge in [-0.2, -0.15) is 0 Å². The summed E-state index contributed by atoms with van der Waals surface area (Å²) in [5.41, 5.74) is 0.